The molecule has 1 atom stereocenters. The van der Waals surface area contributed by atoms with Crippen LogP contribution in [0.3, 0.4) is 0 Å². The summed E-state index contributed by atoms with van der Waals surface area (Å²) in [4.78, 5) is 2.15. The second-order valence-electron chi connectivity index (χ2n) is 5.26. The molecule has 1 saturated heterocycles. The van der Waals surface area contributed by atoms with E-state index in [2.05, 4.69) is 16.3 Å². The highest BCUT2D eigenvalue weighted by Gasteiger charge is 2.15. The summed E-state index contributed by atoms with van der Waals surface area (Å²) in [7, 11) is 2.02. The van der Waals surface area contributed by atoms with E-state index in [-0.39, 0.29) is 5.82 Å². The summed E-state index contributed by atoms with van der Waals surface area (Å²) in [6, 6.07) is 6.99. The van der Waals surface area contributed by atoms with Crippen LogP contribution in [0.1, 0.15) is 30.4 Å². The fourth-order valence-corrected chi connectivity index (χ4v) is 2.61. The molecule has 1 unspecified atom stereocenters. The molecule has 1 fully saturated rings. The fraction of sp³-hybridized carbons (Fsp3) is 0.533. The number of hydrogen-bond acceptors (Lipinski definition) is 3. The van der Waals surface area contributed by atoms with Crippen LogP contribution in [0, 0.1) is 17.1 Å². The zero-order chi connectivity index (χ0) is 13.7. The van der Waals surface area contributed by atoms with Crippen molar-refractivity contribution in [1.29, 1.82) is 5.26 Å². The number of nitriles is 1. The lowest BCUT2D eigenvalue weighted by Crippen LogP contribution is -2.42. The second kappa shape index (κ2) is 6.65. The third-order valence-corrected chi connectivity index (χ3v) is 3.57. The highest BCUT2D eigenvalue weighted by atomic mass is 19.1. The molecule has 2 rings (SSSR count). The maximum absolute atomic E-state index is 13.3. The van der Waals surface area contributed by atoms with Crippen molar-refractivity contribution >= 4 is 0 Å². The first kappa shape index (κ1) is 14.0. The van der Waals surface area contributed by atoms with Gasteiger partial charge in [0.25, 0.3) is 0 Å². The molecular formula is C15H20FN3. The van der Waals surface area contributed by atoms with Crippen LogP contribution in [0.15, 0.2) is 18.2 Å². The lowest BCUT2D eigenvalue weighted by atomic mass is 10.0. The molecule has 0 radical (unpaired) electrons. The van der Waals surface area contributed by atoms with Crippen LogP contribution in [-0.2, 0) is 6.54 Å². The van der Waals surface area contributed by atoms with Gasteiger partial charge in [-0.2, -0.15) is 5.26 Å². The van der Waals surface area contributed by atoms with Crippen molar-refractivity contribution in [2.75, 3.05) is 20.1 Å². The van der Waals surface area contributed by atoms with Crippen molar-refractivity contribution in [2.45, 2.75) is 31.8 Å². The minimum absolute atomic E-state index is 0.279. The molecule has 0 saturated carbocycles. The molecule has 0 amide bonds. The van der Waals surface area contributed by atoms with Crippen LogP contribution in [0.4, 0.5) is 4.39 Å². The Morgan fingerprint density at radius 1 is 1.47 bits per heavy atom. The Morgan fingerprint density at radius 2 is 2.32 bits per heavy atom. The van der Waals surface area contributed by atoms with Crippen LogP contribution in [0.5, 0.6) is 0 Å². The molecule has 1 aromatic carbocycles. The van der Waals surface area contributed by atoms with E-state index in [0.717, 1.165) is 18.7 Å². The Labute approximate surface area is 114 Å². The maximum Gasteiger partial charge on any atom is 0.123 e. The monoisotopic (exact) mass is 261 g/mol. The SMILES string of the molecule is CN(Cc1cc(F)ccc1C#N)CC1CCCCN1. The van der Waals surface area contributed by atoms with Crippen LogP contribution < -0.4 is 5.32 Å². The van der Waals surface area contributed by atoms with Crippen molar-refractivity contribution < 1.29 is 4.39 Å². The Balaban J connectivity index is 1.96. The summed E-state index contributed by atoms with van der Waals surface area (Å²) < 4.78 is 13.3. The zero-order valence-electron chi connectivity index (χ0n) is 11.3. The molecule has 19 heavy (non-hydrogen) atoms. The summed E-state index contributed by atoms with van der Waals surface area (Å²) in [5.74, 6) is -0.279. The third-order valence-electron chi connectivity index (χ3n) is 3.57. The van der Waals surface area contributed by atoms with Crippen molar-refractivity contribution in [3.05, 3.63) is 35.1 Å². The van der Waals surface area contributed by atoms with E-state index >= 15 is 0 Å². The van der Waals surface area contributed by atoms with Gasteiger partial charge < -0.3 is 10.2 Å². The maximum atomic E-state index is 13.3. The van der Waals surface area contributed by atoms with Gasteiger partial charge in [-0.15, -0.1) is 0 Å². The molecule has 4 heteroatoms. The van der Waals surface area contributed by atoms with Crippen LogP contribution in [0.2, 0.25) is 0 Å². The quantitative estimate of drug-likeness (QED) is 0.903. The van der Waals surface area contributed by atoms with Gasteiger partial charge in [-0.05, 0) is 50.2 Å². The van der Waals surface area contributed by atoms with E-state index in [1.807, 2.05) is 7.05 Å². The second-order valence-corrected chi connectivity index (χ2v) is 5.26. The molecule has 1 aliphatic heterocycles. The number of likely N-dealkylation sites (N-methyl/N-ethyl adjacent to an activating group) is 1. The molecule has 0 bridgehead atoms. The van der Waals surface area contributed by atoms with Crippen molar-refractivity contribution in [1.82, 2.24) is 10.2 Å². The van der Waals surface area contributed by atoms with Crippen LogP contribution >= 0.6 is 0 Å². The standard InChI is InChI=1S/C15H20FN3/c1-19(11-15-4-2-3-7-18-15)10-13-8-14(16)6-5-12(13)9-17/h5-6,8,15,18H,2-4,7,10-11H2,1H3. The first-order valence-corrected chi connectivity index (χ1v) is 6.79. The number of piperidine rings is 1. The van der Waals surface area contributed by atoms with E-state index in [1.54, 1.807) is 6.07 Å². The lowest BCUT2D eigenvalue weighted by Gasteiger charge is -2.28. The normalized spacial score (nSPS) is 19.4. The predicted octanol–water partition coefficient (Wildman–Crippen LogP) is 2.27. The minimum atomic E-state index is -0.279. The van der Waals surface area contributed by atoms with Gasteiger partial charge in [0.1, 0.15) is 5.82 Å². The molecule has 1 heterocycles. The van der Waals surface area contributed by atoms with Gasteiger partial charge in [0.2, 0.25) is 0 Å². The molecule has 1 aliphatic rings. The average Bonchev–Trinajstić information content (AvgIpc) is 2.40. The van der Waals surface area contributed by atoms with Gasteiger partial charge in [-0.1, -0.05) is 6.42 Å². The molecule has 1 aromatic rings. The van der Waals surface area contributed by atoms with Gasteiger partial charge in [0.05, 0.1) is 11.6 Å². The van der Waals surface area contributed by atoms with Crippen LogP contribution in [-0.4, -0.2) is 31.1 Å². The first-order valence-electron chi connectivity index (χ1n) is 6.79. The smallest absolute Gasteiger partial charge is 0.123 e. The Bertz CT molecular complexity index is 461. The van der Waals surface area contributed by atoms with Gasteiger partial charge in [0, 0.05) is 19.1 Å². The molecule has 1 N–H and O–H groups in total. The van der Waals surface area contributed by atoms with E-state index in [9.17, 15) is 4.39 Å². The molecule has 102 valence electrons. The predicted molar refractivity (Wildman–Crippen MR) is 73.1 cm³/mol. The van der Waals surface area contributed by atoms with Crippen molar-refractivity contribution in [3.63, 3.8) is 0 Å². The van der Waals surface area contributed by atoms with Crippen LogP contribution in [0.25, 0.3) is 0 Å². The van der Waals surface area contributed by atoms with E-state index < -0.39 is 0 Å². The fourth-order valence-electron chi connectivity index (χ4n) is 2.61. The average molecular weight is 261 g/mol. The Hall–Kier alpha value is -1.44. The number of hydrogen-bond donors (Lipinski definition) is 1. The summed E-state index contributed by atoms with van der Waals surface area (Å²) in [5.41, 5.74) is 1.32. The number of halogens is 1. The van der Waals surface area contributed by atoms with Gasteiger partial charge in [-0.25, -0.2) is 4.39 Å². The first-order chi connectivity index (χ1) is 9.19. The summed E-state index contributed by atoms with van der Waals surface area (Å²) >= 11 is 0. The molecular weight excluding hydrogens is 241 g/mol. The highest BCUT2D eigenvalue weighted by molar-refractivity contribution is 5.37. The highest BCUT2D eigenvalue weighted by Crippen LogP contribution is 2.14. The Morgan fingerprint density at radius 3 is 3.00 bits per heavy atom. The number of nitrogens with zero attached hydrogens (tertiary/aromatic N) is 2. The number of rotatable bonds is 4. The third kappa shape index (κ3) is 4.02. The van der Waals surface area contributed by atoms with Crippen molar-refractivity contribution in [2.24, 2.45) is 0 Å². The molecule has 3 nitrogen and oxygen atoms in total. The van der Waals surface area contributed by atoms with Gasteiger partial charge in [-0.3, -0.25) is 0 Å². The van der Waals surface area contributed by atoms with Gasteiger partial charge in [0.15, 0.2) is 0 Å². The lowest BCUT2D eigenvalue weighted by molar-refractivity contribution is 0.256. The molecule has 0 aromatic heterocycles. The van der Waals surface area contributed by atoms with E-state index in [1.165, 1.54) is 31.4 Å². The summed E-state index contributed by atoms with van der Waals surface area (Å²) in [6.07, 6.45) is 3.72. The largest absolute Gasteiger partial charge is 0.313 e. The van der Waals surface area contributed by atoms with E-state index in [4.69, 9.17) is 5.26 Å². The van der Waals surface area contributed by atoms with Crippen molar-refractivity contribution in [3.8, 4) is 6.07 Å². The zero-order valence-corrected chi connectivity index (χ0v) is 11.3. The Kier molecular flexibility index (Phi) is 4.89. The molecule has 0 spiro atoms. The molecule has 0 aliphatic carbocycles. The number of nitrogens with one attached hydrogen (secondary N) is 1. The minimum Gasteiger partial charge on any atom is -0.313 e. The topological polar surface area (TPSA) is 39.1 Å². The van der Waals surface area contributed by atoms with E-state index in [0.29, 0.717) is 18.2 Å². The summed E-state index contributed by atoms with van der Waals surface area (Å²) in [5, 5.41) is 12.5. The van der Waals surface area contributed by atoms with Gasteiger partial charge >= 0.3 is 0 Å². The summed E-state index contributed by atoms with van der Waals surface area (Å²) in [6.45, 7) is 2.63. The number of benzene rings is 1.